The number of hydrogen-bond acceptors (Lipinski definition) is 35. The third kappa shape index (κ3) is 9.09. The molecule has 35 nitrogen and oxygen atoms in total. The molecule has 0 rings (SSSR count). The Morgan fingerprint density at radius 3 is 1.27 bits per heavy atom. The first-order chi connectivity index (χ1) is 26.2. The van der Waals surface area contributed by atoms with Crippen LogP contribution in [0.25, 0.3) is 0 Å². The van der Waals surface area contributed by atoms with Gasteiger partial charge in [0.2, 0.25) is 40.3 Å². The van der Waals surface area contributed by atoms with E-state index in [-0.39, 0.29) is 19.4 Å². The fraction of sp³-hybridized carbons (Fsp3) is 0.600. The van der Waals surface area contributed by atoms with Crippen LogP contribution in [0, 0.1) is 0 Å². The van der Waals surface area contributed by atoms with E-state index >= 15 is 0 Å². The third-order valence-corrected chi connectivity index (χ3v) is 7.86. The van der Waals surface area contributed by atoms with Gasteiger partial charge in [-0.05, 0) is 19.4 Å². The molecule has 350 valence electrons. The van der Waals surface area contributed by atoms with Gasteiger partial charge in [-0.3, -0.25) is 0 Å². The monoisotopic (exact) mass is 898 g/mol. The van der Waals surface area contributed by atoms with Crippen molar-refractivity contribution >= 4 is 11.9 Å². The summed E-state index contributed by atoms with van der Waals surface area (Å²) >= 11 is 0. The van der Waals surface area contributed by atoms with Gasteiger partial charge in [0.1, 0.15) is 6.04 Å². The molecule has 0 aliphatic carbocycles. The van der Waals surface area contributed by atoms with Crippen molar-refractivity contribution < 1.29 is 168 Å². The molecule has 0 aromatic carbocycles. The first kappa shape index (κ1) is 55.5. The summed E-state index contributed by atoms with van der Waals surface area (Å²) in [6, 6.07) is -1.80. The summed E-state index contributed by atoms with van der Waals surface area (Å²) in [4.78, 5) is 24.0. The highest BCUT2D eigenvalue weighted by atomic mass is 16.8. The predicted octanol–water partition coefficient (Wildman–Crippen LogP) is -14.4. The SMILES string of the molecule is NCCC[C@@H](N)C(=O)OC(=O)C(O)(O)C(O)(O)C(O)(O)C(O)=C(O)C(O)(O)C(O)=C(O)C(O)(O)C(O)=C(O)C(O)=C(O)C(O)C(O)(O)C(O)(O)C(O)(O)C(O)(O)C(O)(O)O. The zero-order chi connectivity index (χ0) is 48.8. The summed E-state index contributed by atoms with van der Waals surface area (Å²) in [5.74, 6) is -84.1. The summed E-state index contributed by atoms with van der Waals surface area (Å²) in [5.41, 5.74) is 10.5. The number of ether oxygens (including phenoxy) is 1. The molecule has 0 aromatic heterocycles. The van der Waals surface area contributed by atoms with Gasteiger partial charge in [0.05, 0.1) is 0 Å². The van der Waals surface area contributed by atoms with Crippen molar-refractivity contribution in [1.29, 1.82) is 0 Å². The van der Waals surface area contributed by atoms with E-state index in [4.69, 9.17) is 26.8 Å². The Hall–Kier alpha value is -4.46. The van der Waals surface area contributed by atoms with Crippen LogP contribution in [0.5, 0.6) is 0 Å². The second-order valence-electron chi connectivity index (χ2n) is 12.2. The van der Waals surface area contributed by atoms with Crippen molar-refractivity contribution in [3.05, 3.63) is 46.1 Å². The molecule has 1 unspecified atom stereocenters. The van der Waals surface area contributed by atoms with Gasteiger partial charge < -0.3 is 169 Å². The van der Waals surface area contributed by atoms with E-state index in [1.165, 1.54) is 0 Å². The molecule has 60 heavy (non-hydrogen) atoms. The Morgan fingerprint density at radius 2 is 0.883 bits per heavy atom. The van der Waals surface area contributed by atoms with Crippen LogP contribution in [0.4, 0.5) is 0 Å². The van der Waals surface area contributed by atoms with Crippen LogP contribution < -0.4 is 11.5 Å². The molecule has 35 heteroatoms. The number of carbonyl (C=O) groups is 2. The lowest BCUT2D eigenvalue weighted by Gasteiger charge is -2.49. The van der Waals surface area contributed by atoms with E-state index in [1.54, 1.807) is 0 Å². The molecule has 0 saturated heterocycles. The lowest BCUT2D eigenvalue weighted by atomic mass is 9.84. The summed E-state index contributed by atoms with van der Waals surface area (Å²) in [6.07, 6.45) is -4.70. The highest BCUT2D eigenvalue weighted by Crippen LogP contribution is 2.42. The number of hydrogen-bond donors (Lipinski definition) is 32. The van der Waals surface area contributed by atoms with Gasteiger partial charge in [-0.1, -0.05) is 0 Å². The van der Waals surface area contributed by atoms with E-state index in [0.717, 1.165) is 0 Å². The highest BCUT2D eigenvalue weighted by molar-refractivity contribution is 5.92. The summed E-state index contributed by atoms with van der Waals surface area (Å²) < 4.78 is 3.83. The number of esters is 2. The molecule has 0 aliphatic heterocycles. The average molecular weight is 899 g/mol. The highest BCUT2D eigenvalue weighted by Gasteiger charge is 2.77. The molecule has 0 radical (unpaired) electrons. The maximum absolute atomic E-state index is 12.1. The molecule has 34 N–H and O–H groups in total. The zero-order valence-electron chi connectivity index (χ0n) is 29.1. The Morgan fingerprint density at radius 1 is 0.500 bits per heavy atom. The average Bonchev–Trinajstić information content (AvgIpc) is 3.12. The maximum Gasteiger partial charge on any atom is 0.380 e. The Kier molecular flexibility index (Phi) is 15.9. The van der Waals surface area contributed by atoms with Crippen molar-refractivity contribution in [3.63, 3.8) is 0 Å². The largest absolute Gasteiger partial charge is 0.506 e. The van der Waals surface area contributed by atoms with Crippen molar-refractivity contribution in [1.82, 2.24) is 0 Å². The van der Waals surface area contributed by atoms with Gasteiger partial charge in [0, 0.05) is 0 Å². The molecule has 0 spiro atoms. The fourth-order valence-electron chi connectivity index (χ4n) is 3.77. The van der Waals surface area contributed by atoms with Crippen LogP contribution in [-0.2, 0) is 14.3 Å². The van der Waals surface area contributed by atoms with Crippen LogP contribution in [0.15, 0.2) is 46.1 Å². The number of aliphatic hydroxyl groups is 30. The molecule has 0 fully saturated rings. The first-order valence-electron chi connectivity index (χ1n) is 14.8. The molecule has 0 bridgehead atoms. The van der Waals surface area contributed by atoms with E-state index in [2.05, 4.69) is 4.74 Å². The fourth-order valence-corrected chi connectivity index (χ4v) is 3.77. The zero-order valence-corrected chi connectivity index (χ0v) is 29.1. The molecule has 2 atom stereocenters. The Labute approximate surface area is 327 Å². The van der Waals surface area contributed by atoms with E-state index < -0.39 is 128 Å². The van der Waals surface area contributed by atoms with Gasteiger partial charge in [0.15, 0.2) is 11.9 Å². The quantitative estimate of drug-likeness (QED) is 0.0188. The predicted molar refractivity (Wildman–Crippen MR) is 166 cm³/mol. The number of rotatable bonds is 19. The van der Waals surface area contributed by atoms with Gasteiger partial charge >= 0.3 is 29.5 Å². The van der Waals surface area contributed by atoms with Gasteiger partial charge in [-0.15, -0.1) is 0 Å². The molecule has 0 saturated carbocycles. The third-order valence-electron chi connectivity index (χ3n) is 7.86. The molecular weight excluding hydrogens is 856 g/mol. The van der Waals surface area contributed by atoms with Crippen molar-refractivity contribution in [2.75, 3.05) is 6.54 Å². The number of aliphatic hydroxyl groups excluding tert-OH is 9. The minimum atomic E-state index is -5.77. The van der Waals surface area contributed by atoms with Crippen LogP contribution in [0.2, 0.25) is 0 Å². The van der Waals surface area contributed by atoms with Gasteiger partial charge in [-0.25, -0.2) is 9.59 Å². The van der Waals surface area contributed by atoms with Crippen LogP contribution in [0.3, 0.4) is 0 Å². The number of carbonyl (C=O) groups excluding carboxylic acids is 2. The first-order valence-corrected chi connectivity index (χ1v) is 14.8. The molecule has 0 heterocycles. The summed E-state index contributed by atoms with van der Waals surface area (Å²) in [7, 11) is 0. The topological polar surface area (TPSA) is 702 Å². The maximum atomic E-state index is 12.1. The minimum Gasteiger partial charge on any atom is -0.506 e. The van der Waals surface area contributed by atoms with Crippen molar-refractivity contribution in [2.45, 2.75) is 83.0 Å². The van der Waals surface area contributed by atoms with Crippen LogP contribution >= 0.6 is 0 Å². The van der Waals surface area contributed by atoms with E-state index in [9.17, 15) is 147 Å². The lowest BCUT2D eigenvalue weighted by molar-refractivity contribution is -0.568. The second kappa shape index (κ2) is 17.1. The smallest absolute Gasteiger partial charge is 0.380 e. The van der Waals surface area contributed by atoms with Crippen molar-refractivity contribution in [3.8, 4) is 0 Å². The lowest BCUT2D eigenvalue weighted by Crippen LogP contribution is -2.82. The normalized spacial score (nSPS) is 17.5. The Bertz CT molecular complexity index is 1740. The molecule has 0 aliphatic rings. The van der Waals surface area contributed by atoms with E-state index in [1.807, 2.05) is 0 Å². The standard InChI is InChI=1S/C25H42N2O33/c26-3-1-2-4(27)14(37)60-15(38)20(47,48)21(49,50)19(45,46)13(36)12(35)17(41,42)11(34)10(33)16(39,40)8(31)6(29)5(28)7(30)9(32)18(43,44)22(51,52)23(53,54)24(55,56)25(57,58)59/h4,9,28-36,39-59H,1-3,26-27H2/t4-,9?/m1/s1. The summed E-state index contributed by atoms with van der Waals surface area (Å²) in [5, 5.41) is 294. The van der Waals surface area contributed by atoms with Crippen LogP contribution in [0.1, 0.15) is 12.8 Å². The van der Waals surface area contributed by atoms with E-state index in [0.29, 0.717) is 0 Å². The number of nitrogens with two attached hydrogens (primary N) is 2. The molecule has 0 aromatic rings. The summed E-state index contributed by atoms with van der Waals surface area (Å²) in [6.45, 7) is -0.0945. The molecule has 0 amide bonds. The Balaban J connectivity index is 7.27. The molecular formula is C25H42N2O33. The van der Waals surface area contributed by atoms with Crippen molar-refractivity contribution in [2.24, 2.45) is 11.5 Å². The van der Waals surface area contributed by atoms with Gasteiger partial charge in [-0.2, -0.15) is 0 Å². The van der Waals surface area contributed by atoms with Gasteiger partial charge in [0.25, 0.3) is 40.5 Å². The second-order valence-corrected chi connectivity index (χ2v) is 12.2. The van der Waals surface area contributed by atoms with Crippen LogP contribution in [-0.4, -0.2) is 242 Å². The minimum absolute atomic E-state index is 0.0227.